The van der Waals surface area contributed by atoms with Crippen LogP contribution in [0.25, 0.3) is 5.69 Å². The monoisotopic (exact) mass is 388 g/mol. The maximum Gasteiger partial charge on any atom is 0.435 e. The molecule has 1 aliphatic heterocycles. The van der Waals surface area contributed by atoms with Crippen LogP contribution in [0.15, 0.2) is 48.8 Å². The molecule has 1 aliphatic rings. The minimum Gasteiger partial charge on any atom is -0.497 e. The number of anilines is 1. The van der Waals surface area contributed by atoms with E-state index in [1.54, 1.807) is 36.4 Å². The first-order valence-electron chi connectivity index (χ1n) is 8.45. The van der Waals surface area contributed by atoms with E-state index in [1.165, 1.54) is 24.4 Å². The van der Waals surface area contributed by atoms with Gasteiger partial charge in [0.25, 0.3) is 5.91 Å². The van der Waals surface area contributed by atoms with Gasteiger partial charge in [-0.2, -0.15) is 18.3 Å². The zero-order valence-electron chi connectivity index (χ0n) is 14.8. The molecule has 0 atom stereocenters. The fourth-order valence-corrected chi connectivity index (χ4v) is 3.27. The summed E-state index contributed by atoms with van der Waals surface area (Å²) < 4.78 is 46.8. The number of fused-ring (bicyclic) bond motifs is 1. The molecule has 0 radical (unpaired) electrons. The van der Waals surface area contributed by atoms with E-state index in [4.69, 9.17) is 4.74 Å². The number of rotatable bonds is 3. The average molecular weight is 388 g/mol. The van der Waals surface area contributed by atoms with Gasteiger partial charge in [-0.05, 0) is 42.8 Å². The molecule has 0 bridgehead atoms. The Morgan fingerprint density at radius 1 is 1.04 bits per heavy atom. The lowest BCUT2D eigenvalue weighted by Crippen LogP contribution is -2.39. The van der Waals surface area contributed by atoms with Crippen LogP contribution in [-0.4, -0.2) is 34.3 Å². The van der Waals surface area contributed by atoms with E-state index in [9.17, 15) is 18.0 Å². The van der Waals surface area contributed by atoms with Crippen LogP contribution in [0.2, 0.25) is 0 Å². The molecule has 1 amide bonds. The second-order valence-corrected chi connectivity index (χ2v) is 6.20. The van der Waals surface area contributed by atoms with Crippen molar-refractivity contribution in [1.82, 2.24) is 14.8 Å². The summed E-state index contributed by atoms with van der Waals surface area (Å²) in [6, 6.07) is 9.61. The number of methoxy groups -OCH3 is 1. The summed E-state index contributed by atoms with van der Waals surface area (Å²) >= 11 is 0. The third-order valence-corrected chi connectivity index (χ3v) is 4.58. The van der Waals surface area contributed by atoms with E-state index in [-0.39, 0.29) is 24.2 Å². The van der Waals surface area contributed by atoms with Gasteiger partial charge in [0.1, 0.15) is 11.4 Å². The summed E-state index contributed by atoms with van der Waals surface area (Å²) in [5, 5.41) is 3.76. The number of pyridine rings is 1. The summed E-state index contributed by atoms with van der Waals surface area (Å²) in [6.45, 7) is 0.132. The Hall–Kier alpha value is -3.36. The first-order chi connectivity index (χ1) is 13.4. The molecule has 9 heteroatoms. The summed E-state index contributed by atoms with van der Waals surface area (Å²) in [5.74, 6) is 0.0109. The molecule has 0 unspecified atom stereocenters. The van der Waals surface area contributed by atoms with Gasteiger partial charge in [0.15, 0.2) is 5.69 Å². The maximum atomic E-state index is 13.5. The fourth-order valence-electron chi connectivity index (χ4n) is 3.27. The number of aromatic nitrogens is 3. The van der Waals surface area contributed by atoms with E-state index in [0.717, 1.165) is 4.68 Å². The van der Waals surface area contributed by atoms with Crippen LogP contribution in [0.1, 0.15) is 21.7 Å². The minimum atomic E-state index is -4.65. The van der Waals surface area contributed by atoms with Crippen LogP contribution in [0, 0.1) is 0 Å². The van der Waals surface area contributed by atoms with Crippen molar-refractivity contribution < 1.29 is 22.7 Å². The van der Waals surface area contributed by atoms with Gasteiger partial charge in [-0.25, -0.2) is 4.68 Å². The Bertz CT molecular complexity index is 1010. The van der Waals surface area contributed by atoms with E-state index >= 15 is 0 Å². The highest BCUT2D eigenvalue weighted by atomic mass is 19.4. The molecule has 0 N–H and O–H groups in total. The van der Waals surface area contributed by atoms with E-state index in [1.807, 2.05) is 0 Å². The molecule has 0 fully saturated rings. The van der Waals surface area contributed by atoms with Crippen molar-refractivity contribution in [2.45, 2.75) is 12.6 Å². The predicted molar refractivity (Wildman–Crippen MR) is 94.7 cm³/mol. The molecule has 28 heavy (non-hydrogen) atoms. The van der Waals surface area contributed by atoms with Gasteiger partial charge < -0.3 is 9.64 Å². The van der Waals surface area contributed by atoms with E-state index in [2.05, 4.69) is 10.1 Å². The van der Waals surface area contributed by atoms with Gasteiger partial charge >= 0.3 is 6.18 Å². The lowest BCUT2D eigenvalue weighted by Gasteiger charge is -2.27. The second-order valence-electron chi connectivity index (χ2n) is 6.20. The molecular weight excluding hydrogens is 373 g/mol. The SMILES string of the molecule is COc1ccc(-n2nc(C(F)(F)F)c3c2C(=O)N(c2ccncc2)CC3)cc1. The van der Waals surface area contributed by atoms with Crippen molar-refractivity contribution in [1.29, 1.82) is 0 Å². The summed E-state index contributed by atoms with van der Waals surface area (Å²) in [5.41, 5.74) is -0.278. The van der Waals surface area contributed by atoms with Crippen LogP contribution in [0.5, 0.6) is 5.75 Å². The van der Waals surface area contributed by atoms with Crippen molar-refractivity contribution in [3.63, 3.8) is 0 Å². The molecule has 3 heterocycles. The number of hydrogen-bond acceptors (Lipinski definition) is 4. The van der Waals surface area contributed by atoms with Crippen LogP contribution in [0.4, 0.5) is 18.9 Å². The zero-order valence-corrected chi connectivity index (χ0v) is 14.8. The fraction of sp³-hybridized carbons (Fsp3) is 0.211. The Kier molecular flexibility index (Phi) is 4.29. The molecule has 1 aromatic carbocycles. The normalized spacial score (nSPS) is 14.1. The van der Waals surface area contributed by atoms with Gasteiger partial charge in [0, 0.05) is 30.2 Å². The van der Waals surface area contributed by atoms with Crippen molar-refractivity contribution >= 4 is 11.6 Å². The molecule has 0 aliphatic carbocycles. The zero-order chi connectivity index (χ0) is 19.9. The quantitative estimate of drug-likeness (QED) is 0.689. The number of hydrogen-bond donors (Lipinski definition) is 0. The maximum absolute atomic E-state index is 13.5. The molecule has 3 aromatic rings. The smallest absolute Gasteiger partial charge is 0.435 e. The second kappa shape index (κ2) is 6.66. The molecule has 0 saturated carbocycles. The van der Waals surface area contributed by atoms with E-state index in [0.29, 0.717) is 17.1 Å². The Morgan fingerprint density at radius 3 is 2.32 bits per heavy atom. The van der Waals surface area contributed by atoms with Gasteiger partial charge in [0.2, 0.25) is 0 Å². The average Bonchev–Trinajstić information content (AvgIpc) is 3.10. The van der Waals surface area contributed by atoms with Crippen molar-refractivity contribution in [3.8, 4) is 11.4 Å². The topological polar surface area (TPSA) is 60.3 Å². The number of halogens is 3. The third kappa shape index (κ3) is 2.98. The number of ether oxygens (including phenoxy) is 1. The predicted octanol–water partition coefficient (Wildman–Crippen LogP) is 3.50. The molecule has 2 aromatic heterocycles. The highest BCUT2D eigenvalue weighted by Gasteiger charge is 2.43. The molecule has 6 nitrogen and oxygen atoms in total. The number of carbonyl (C=O) groups excluding carboxylic acids is 1. The van der Waals surface area contributed by atoms with Crippen LogP contribution >= 0.6 is 0 Å². The number of amides is 1. The number of nitrogens with zero attached hydrogens (tertiary/aromatic N) is 4. The van der Waals surface area contributed by atoms with Gasteiger partial charge in [-0.15, -0.1) is 0 Å². The lowest BCUT2D eigenvalue weighted by atomic mass is 10.0. The van der Waals surface area contributed by atoms with E-state index < -0.39 is 17.8 Å². The molecule has 144 valence electrons. The van der Waals surface area contributed by atoms with Crippen LogP contribution < -0.4 is 9.64 Å². The molecule has 0 saturated heterocycles. The number of benzene rings is 1. The molecule has 0 spiro atoms. The molecule has 4 rings (SSSR count). The van der Waals surface area contributed by atoms with Gasteiger partial charge in [-0.3, -0.25) is 9.78 Å². The largest absolute Gasteiger partial charge is 0.497 e. The minimum absolute atomic E-state index is 0.0500. The molecular formula is C19H15F3N4O2. The lowest BCUT2D eigenvalue weighted by molar-refractivity contribution is -0.141. The van der Waals surface area contributed by atoms with Gasteiger partial charge in [0.05, 0.1) is 12.8 Å². The summed E-state index contributed by atoms with van der Waals surface area (Å²) in [4.78, 5) is 18.5. The van der Waals surface area contributed by atoms with Gasteiger partial charge in [-0.1, -0.05) is 0 Å². The van der Waals surface area contributed by atoms with Crippen LogP contribution in [0.3, 0.4) is 0 Å². The highest BCUT2D eigenvalue weighted by Crippen LogP contribution is 2.37. The van der Waals surface area contributed by atoms with Crippen LogP contribution in [-0.2, 0) is 12.6 Å². The summed E-state index contributed by atoms with van der Waals surface area (Å²) in [6.07, 6.45) is -1.55. The first-order valence-corrected chi connectivity index (χ1v) is 8.45. The first kappa shape index (κ1) is 18.0. The Morgan fingerprint density at radius 2 is 1.71 bits per heavy atom. The Balaban J connectivity index is 1.86. The summed E-state index contributed by atoms with van der Waals surface area (Å²) in [7, 11) is 1.49. The van der Waals surface area contributed by atoms with Crippen molar-refractivity contribution in [2.24, 2.45) is 0 Å². The highest BCUT2D eigenvalue weighted by molar-refractivity contribution is 6.07. The Labute approximate surface area is 158 Å². The van der Waals surface area contributed by atoms with Crippen molar-refractivity contribution in [3.05, 3.63) is 65.7 Å². The third-order valence-electron chi connectivity index (χ3n) is 4.58. The van der Waals surface area contributed by atoms with Crippen molar-refractivity contribution in [2.75, 3.05) is 18.6 Å². The number of carbonyl (C=O) groups is 1. The number of alkyl halides is 3. The standard InChI is InChI=1S/C19H15F3N4O2/c1-28-14-4-2-13(3-5-14)26-16-15(17(24-26)19(20,21)22)8-11-25(18(16)27)12-6-9-23-10-7-12/h2-7,9-10H,8,11H2,1H3.